The second-order valence-corrected chi connectivity index (χ2v) is 5.90. The zero-order chi connectivity index (χ0) is 12.8. The van der Waals surface area contributed by atoms with Gasteiger partial charge < -0.3 is 14.7 Å². The van der Waals surface area contributed by atoms with Crippen molar-refractivity contribution in [2.24, 2.45) is 17.8 Å². The summed E-state index contributed by atoms with van der Waals surface area (Å²) in [6, 6.07) is 0. The third-order valence-electron chi connectivity index (χ3n) is 4.15. The van der Waals surface area contributed by atoms with Crippen LogP contribution in [-0.2, 0) is 4.74 Å². The van der Waals surface area contributed by atoms with E-state index in [4.69, 9.17) is 4.74 Å². The van der Waals surface area contributed by atoms with Crippen molar-refractivity contribution in [2.45, 2.75) is 39.2 Å². The highest BCUT2D eigenvalue weighted by atomic mass is 16.5. The molecule has 1 aliphatic rings. The highest BCUT2D eigenvalue weighted by molar-refractivity contribution is 4.82. The van der Waals surface area contributed by atoms with Crippen molar-refractivity contribution in [3.05, 3.63) is 0 Å². The zero-order valence-electron chi connectivity index (χ0n) is 11.9. The largest absolute Gasteiger partial charge is 0.393 e. The molecule has 0 heterocycles. The van der Waals surface area contributed by atoms with Gasteiger partial charge in [0.05, 0.1) is 12.7 Å². The summed E-state index contributed by atoms with van der Waals surface area (Å²) < 4.78 is 5.08. The molecular formula is C14H29NO2. The molecule has 0 spiro atoms. The molecule has 0 aromatic carbocycles. The molecule has 3 heteroatoms. The van der Waals surface area contributed by atoms with Crippen LogP contribution in [0.4, 0.5) is 0 Å². The molecule has 3 unspecified atom stereocenters. The summed E-state index contributed by atoms with van der Waals surface area (Å²) in [5.74, 6) is 1.98. The Morgan fingerprint density at radius 3 is 2.65 bits per heavy atom. The van der Waals surface area contributed by atoms with E-state index in [1.807, 2.05) is 0 Å². The van der Waals surface area contributed by atoms with Gasteiger partial charge in [0.25, 0.3) is 0 Å². The van der Waals surface area contributed by atoms with Crippen LogP contribution in [0.3, 0.4) is 0 Å². The van der Waals surface area contributed by atoms with E-state index < -0.39 is 0 Å². The normalized spacial score (nSPS) is 30.2. The molecule has 0 aromatic rings. The third-order valence-corrected chi connectivity index (χ3v) is 4.15. The summed E-state index contributed by atoms with van der Waals surface area (Å²) in [4.78, 5) is 2.28. The summed E-state index contributed by atoms with van der Waals surface area (Å²) in [7, 11) is 3.85. The van der Waals surface area contributed by atoms with E-state index in [0.717, 1.165) is 38.0 Å². The SMILES string of the molecule is COCCN(C)CC1CC(C(C)C)CCC1O. The van der Waals surface area contributed by atoms with Crippen molar-refractivity contribution in [3.63, 3.8) is 0 Å². The minimum Gasteiger partial charge on any atom is -0.393 e. The molecule has 1 rings (SSSR count). The third kappa shape index (κ3) is 4.94. The van der Waals surface area contributed by atoms with Gasteiger partial charge in [0.15, 0.2) is 0 Å². The highest BCUT2D eigenvalue weighted by Crippen LogP contribution is 2.34. The topological polar surface area (TPSA) is 32.7 Å². The number of likely N-dealkylation sites (N-methyl/N-ethyl adjacent to an activating group) is 1. The first-order valence-corrected chi connectivity index (χ1v) is 6.90. The highest BCUT2D eigenvalue weighted by Gasteiger charge is 2.31. The number of hydrogen-bond acceptors (Lipinski definition) is 3. The molecule has 0 saturated heterocycles. The van der Waals surface area contributed by atoms with Crippen molar-refractivity contribution < 1.29 is 9.84 Å². The fourth-order valence-electron chi connectivity index (χ4n) is 2.82. The van der Waals surface area contributed by atoms with Gasteiger partial charge in [-0.2, -0.15) is 0 Å². The van der Waals surface area contributed by atoms with E-state index in [0.29, 0.717) is 5.92 Å². The summed E-state index contributed by atoms with van der Waals surface area (Å²) in [5, 5.41) is 10.1. The predicted molar refractivity (Wildman–Crippen MR) is 71.0 cm³/mol. The average molecular weight is 243 g/mol. The Morgan fingerprint density at radius 2 is 2.06 bits per heavy atom. The second-order valence-electron chi connectivity index (χ2n) is 5.90. The van der Waals surface area contributed by atoms with Gasteiger partial charge in [-0.15, -0.1) is 0 Å². The lowest BCUT2D eigenvalue weighted by Crippen LogP contribution is -2.39. The molecule has 3 nitrogen and oxygen atoms in total. The molecule has 0 bridgehead atoms. The van der Waals surface area contributed by atoms with E-state index in [9.17, 15) is 5.11 Å². The van der Waals surface area contributed by atoms with Crippen LogP contribution >= 0.6 is 0 Å². The van der Waals surface area contributed by atoms with Crippen molar-refractivity contribution in [1.29, 1.82) is 0 Å². The average Bonchev–Trinajstić information content (AvgIpc) is 2.29. The predicted octanol–water partition coefficient (Wildman–Crippen LogP) is 2.00. The molecule has 0 radical (unpaired) electrons. The van der Waals surface area contributed by atoms with Crippen LogP contribution in [0.25, 0.3) is 0 Å². The Balaban J connectivity index is 2.38. The number of ether oxygens (including phenoxy) is 1. The van der Waals surface area contributed by atoms with Crippen molar-refractivity contribution in [3.8, 4) is 0 Å². The maximum absolute atomic E-state index is 10.1. The molecule has 1 aliphatic carbocycles. The molecule has 17 heavy (non-hydrogen) atoms. The standard InChI is InChI=1S/C14H29NO2/c1-11(2)12-5-6-14(16)13(9-12)10-15(3)7-8-17-4/h11-14,16H,5-10H2,1-4H3. The Labute approximate surface area is 106 Å². The quantitative estimate of drug-likeness (QED) is 0.774. The minimum atomic E-state index is -0.102. The molecule has 0 aliphatic heterocycles. The molecule has 1 N–H and O–H groups in total. The Hall–Kier alpha value is -0.120. The Bertz CT molecular complexity index is 208. The van der Waals surface area contributed by atoms with Crippen molar-refractivity contribution >= 4 is 0 Å². The molecule has 0 amide bonds. The Morgan fingerprint density at radius 1 is 1.35 bits per heavy atom. The molecule has 0 aromatic heterocycles. The lowest BCUT2D eigenvalue weighted by atomic mass is 9.74. The fourth-order valence-corrected chi connectivity index (χ4v) is 2.82. The van der Waals surface area contributed by atoms with Crippen LogP contribution in [-0.4, -0.2) is 50.0 Å². The van der Waals surface area contributed by atoms with E-state index in [2.05, 4.69) is 25.8 Å². The summed E-state index contributed by atoms with van der Waals surface area (Å²) in [6.07, 6.45) is 3.24. The number of aliphatic hydroxyl groups excluding tert-OH is 1. The van der Waals surface area contributed by atoms with Gasteiger partial charge in [-0.1, -0.05) is 13.8 Å². The van der Waals surface area contributed by atoms with E-state index >= 15 is 0 Å². The number of nitrogens with zero attached hydrogens (tertiary/aromatic N) is 1. The van der Waals surface area contributed by atoms with Crippen molar-refractivity contribution in [1.82, 2.24) is 4.90 Å². The maximum atomic E-state index is 10.1. The van der Waals surface area contributed by atoms with Crippen LogP contribution in [0.2, 0.25) is 0 Å². The van der Waals surface area contributed by atoms with Gasteiger partial charge >= 0.3 is 0 Å². The van der Waals surface area contributed by atoms with Crippen LogP contribution in [0.5, 0.6) is 0 Å². The van der Waals surface area contributed by atoms with Gasteiger partial charge in [0, 0.05) is 20.2 Å². The van der Waals surface area contributed by atoms with Gasteiger partial charge in [-0.05, 0) is 44.1 Å². The minimum absolute atomic E-state index is 0.102. The molecule has 3 atom stereocenters. The summed E-state index contributed by atoms with van der Waals surface area (Å²) >= 11 is 0. The smallest absolute Gasteiger partial charge is 0.0589 e. The van der Waals surface area contributed by atoms with E-state index in [1.165, 1.54) is 12.8 Å². The monoisotopic (exact) mass is 243 g/mol. The van der Waals surface area contributed by atoms with Gasteiger partial charge in [0.2, 0.25) is 0 Å². The van der Waals surface area contributed by atoms with Crippen LogP contribution in [0.15, 0.2) is 0 Å². The van der Waals surface area contributed by atoms with E-state index in [1.54, 1.807) is 7.11 Å². The lowest BCUT2D eigenvalue weighted by molar-refractivity contribution is 0.0192. The number of rotatable bonds is 6. The Kier molecular flexibility index (Phi) is 6.45. The molecule has 1 saturated carbocycles. The number of methoxy groups -OCH3 is 1. The first-order chi connectivity index (χ1) is 8.04. The summed E-state index contributed by atoms with van der Waals surface area (Å²) in [6.45, 7) is 7.31. The number of hydrogen-bond donors (Lipinski definition) is 1. The zero-order valence-corrected chi connectivity index (χ0v) is 11.9. The molecule has 102 valence electrons. The molecular weight excluding hydrogens is 214 g/mol. The molecule has 1 fully saturated rings. The second kappa shape index (κ2) is 7.34. The van der Waals surface area contributed by atoms with Gasteiger partial charge in [-0.3, -0.25) is 0 Å². The first kappa shape index (κ1) is 14.9. The van der Waals surface area contributed by atoms with Crippen molar-refractivity contribution in [2.75, 3.05) is 33.9 Å². The van der Waals surface area contributed by atoms with Gasteiger partial charge in [0.1, 0.15) is 0 Å². The summed E-state index contributed by atoms with van der Waals surface area (Å²) in [5.41, 5.74) is 0. The number of aliphatic hydroxyl groups is 1. The fraction of sp³-hybridized carbons (Fsp3) is 1.00. The van der Waals surface area contributed by atoms with Crippen LogP contribution < -0.4 is 0 Å². The van der Waals surface area contributed by atoms with Crippen LogP contribution in [0.1, 0.15) is 33.1 Å². The van der Waals surface area contributed by atoms with Gasteiger partial charge in [-0.25, -0.2) is 0 Å². The van der Waals surface area contributed by atoms with Crippen LogP contribution in [0, 0.1) is 17.8 Å². The lowest BCUT2D eigenvalue weighted by Gasteiger charge is -2.37. The first-order valence-electron chi connectivity index (χ1n) is 6.90. The van der Waals surface area contributed by atoms with E-state index in [-0.39, 0.29) is 6.10 Å². The maximum Gasteiger partial charge on any atom is 0.0589 e.